The smallest absolute Gasteiger partial charge is 0.275 e. The largest absolute Gasteiger partial charge is 0.506 e. The van der Waals surface area contributed by atoms with E-state index in [2.05, 4.69) is 10.3 Å². The molecule has 1 aromatic heterocycles. The fourth-order valence-electron chi connectivity index (χ4n) is 1.69. The fourth-order valence-corrected chi connectivity index (χ4v) is 2.45. The Hall–Kier alpha value is -1.92. The Balaban J connectivity index is 2.18. The normalized spacial score (nSPS) is 12.2. The molecule has 0 bridgehead atoms. The zero-order chi connectivity index (χ0) is 14.7. The molecule has 5 nitrogen and oxygen atoms in total. The van der Waals surface area contributed by atoms with E-state index in [9.17, 15) is 9.90 Å². The number of aryl methyl sites for hydroxylation is 1. The molecule has 0 radical (unpaired) electrons. The molecule has 1 unspecified atom stereocenters. The first-order valence-electron chi connectivity index (χ1n) is 6.35. The zero-order valence-corrected chi connectivity index (χ0v) is 12.2. The third-order valence-corrected chi connectivity index (χ3v) is 3.91. The highest BCUT2D eigenvalue weighted by Gasteiger charge is 2.14. The second-order valence-corrected chi connectivity index (χ2v) is 5.41. The van der Waals surface area contributed by atoms with E-state index < -0.39 is 0 Å². The molecule has 0 aliphatic carbocycles. The number of carbonyl (C=O) groups is 1. The number of nitrogens with zero attached hydrogens (tertiary/aromatic N) is 1. The Labute approximate surface area is 121 Å². The van der Waals surface area contributed by atoms with Gasteiger partial charge in [0.05, 0.1) is 11.7 Å². The summed E-state index contributed by atoms with van der Waals surface area (Å²) in [6.45, 7) is 3.82. The van der Waals surface area contributed by atoms with Crippen molar-refractivity contribution in [3.05, 3.63) is 39.8 Å². The van der Waals surface area contributed by atoms with Crippen molar-refractivity contribution in [3.8, 4) is 5.75 Å². The molecule has 106 valence electrons. The first kappa shape index (κ1) is 14.5. The molecule has 2 rings (SSSR count). The predicted molar refractivity (Wildman–Crippen MR) is 80.2 cm³/mol. The minimum absolute atomic E-state index is 0.0400. The van der Waals surface area contributed by atoms with Crippen molar-refractivity contribution in [2.45, 2.75) is 26.3 Å². The van der Waals surface area contributed by atoms with Gasteiger partial charge in [-0.15, -0.1) is 11.3 Å². The third-order valence-electron chi connectivity index (χ3n) is 2.86. The minimum Gasteiger partial charge on any atom is -0.506 e. The highest BCUT2D eigenvalue weighted by molar-refractivity contribution is 7.09. The standard InChI is InChI=1S/C14H17N3O2S/c1-3-9-4-5-12(18)10(6-9)16-13(19)11-7-20-14(17-11)8(2)15/h4-8,18H,3,15H2,1-2H3,(H,16,19). The van der Waals surface area contributed by atoms with Crippen LogP contribution in [0.15, 0.2) is 23.6 Å². The van der Waals surface area contributed by atoms with Crippen LogP contribution < -0.4 is 11.1 Å². The van der Waals surface area contributed by atoms with Crippen LogP contribution in [-0.2, 0) is 6.42 Å². The molecular formula is C14H17N3O2S. The Bertz CT molecular complexity index is 623. The van der Waals surface area contributed by atoms with E-state index in [-0.39, 0.29) is 17.7 Å². The molecule has 1 aromatic carbocycles. The van der Waals surface area contributed by atoms with Gasteiger partial charge in [-0.25, -0.2) is 4.98 Å². The lowest BCUT2D eigenvalue weighted by Gasteiger charge is -2.07. The van der Waals surface area contributed by atoms with Crippen LogP contribution in [0.5, 0.6) is 5.75 Å². The van der Waals surface area contributed by atoms with Crippen LogP contribution in [0, 0.1) is 0 Å². The van der Waals surface area contributed by atoms with Gasteiger partial charge in [0.15, 0.2) is 0 Å². The average molecular weight is 291 g/mol. The van der Waals surface area contributed by atoms with E-state index in [1.54, 1.807) is 17.5 Å². The summed E-state index contributed by atoms with van der Waals surface area (Å²) in [5.41, 5.74) is 7.45. The van der Waals surface area contributed by atoms with E-state index >= 15 is 0 Å². The Morgan fingerprint density at radius 2 is 2.30 bits per heavy atom. The van der Waals surface area contributed by atoms with Gasteiger partial charge in [0.1, 0.15) is 16.5 Å². The van der Waals surface area contributed by atoms with Gasteiger partial charge >= 0.3 is 0 Å². The number of nitrogens with two attached hydrogens (primary N) is 1. The molecule has 0 aliphatic heterocycles. The number of carbonyl (C=O) groups excluding carboxylic acids is 1. The van der Waals surface area contributed by atoms with Crippen LogP contribution in [0.25, 0.3) is 0 Å². The summed E-state index contributed by atoms with van der Waals surface area (Å²) in [5, 5.41) is 14.8. The SMILES string of the molecule is CCc1ccc(O)c(NC(=O)c2csc(C(C)N)n2)c1. The molecule has 1 heterocycles. The molecule has 0 fully saturated rings. The summed E-state index contributed by atoms with van der Waals surface area (Å²) in [6.07, 6.45) is 0.828. The maximum Gasteiger partial charge on any atom is 0.275 e. The van der Waals surface area contributed by atoms with Crippen LogP contribution in [0.2, 0.25) is 0 Å². The molecule has 0 saturated carbocycles. The average Bonchev–Trinajstić information content (AvgIpc) is 2.91. The summed E-state index contributed by atoms with van der Waals surface area (Å²) in [6, 6.07) is 4.95. The Kier molecular flexibility index (Phi) is 4.36. The number of aromatic hydroxyl groups is 1. The number of amides is 1. The molecule has 4 N–H and O–H groups in total. The number of aromatic nitrogens is 1. The van der Waals surface area contributed by atoms with Crippen molar-refractivity contribution in [1.82, 2.24) is 4.98 Å². The van der Waals surface area contributed by atoms with E-state index in [4.69, 9.17) is 5.73 Å². The monoisotopic (exact) mass is 291 g/mol. The number of phenolic OH excluding ortho intramolecular Hbond substituents is 1. The van der Waals surface area contributed by atoms with Crippen molar-refractivity contribution < 1.29 is 9.90 Å². The molecule has 0 saturated heterocycles. The fraction of sp³-hybridized carbons (Fsp3) is 0.286. The lowest BCUT2D eigenvalue weighted by Crippen LogP contribution is -2.13. The van der Waals surface area contributed by atoms with Crippen LogP contribution in [-0.4, -0.2) is 16.0 Å². The third kappa shape index (κ3) is 3.15. The molecule has 6 heteroatoms. The summed E-state index contributed by atoms with van der Waals surface area (Å²) < 4.78 is 0. The quantitative estimate of drug-likeness (QED) is 0.756. The van der Waals surface area contributed by atoms with E-state index in [0.29, 0.717) is 16.4 Å². The summed E-state index contributed by atoms with van der Waals surface area (Å²) in [4.78, 5) is 16.3. The Morgan fingerprint density at radius 1 is 1.55 bits per heavy atom. The summed E-state index contributed by atoms with van der Waals surface area (Å²) >= 11 is 1.35. The molecule has 0 spiro atoms. The maximum atomic E-state index is 12.1. The molecule has 0 aliphatic rings. The second-order valence-electron chi connectivity index (χ2n) is 4.52. The summed E-state index contributed by atoms with van der Waals surface area (Å²) in [7, 11) is 0. The predicted octanol–water partition coefficient (Wildman–Crippen LogP) is 2.68. The first-order valence-corrected chi connectivity index (χ1v) is 7.23. The van der Waals surface area contributed by atoms with Gasteiger partial charge < -0.3 is 16.2 Å². The maximum absolute atomic E-state index is 12.1. The number of hydrogen-bond acceptors (Lipinski definition) is 5. The number of nitrogens with one attached hydrogen (secondary N) is 1. The van der Waals surface area contributed by atoms with Crippen molar-refractivity contribution in [2.75, 3.05) is 5.32 Å². The van der Waals surface area contributed by atoms with Gasteiger partial charge in [0.2, 0.25) is 0 Å². The molecular weight excluding hydrogens is 274 g/mol. The number of benzene rings is 1. The van der Waals surface area contributed by atoms with Gasteiger partial charge in [0, 0.05) is 5.38 Å². The number of anilines is 1. The topological polar surface area (TPSA) is 88.2 Å². The second kappa shape index (κ2) is 6.02. The van der Waals surface area contributed by atoms with Crippen molar-refractivity contribution in [1.29, 1.82) is 0 Å². The van der Waals surface area contributed by atoms with Crippen LogP contribution in [0.4, 0.5) is 5.69 Å². The minimum atomic E-state index is -0.350. The van der Waals surface area contributed by atoms with Gasteiger partial charge in [-0.2, -0.15) is 0 Å². The lowest BCUT2D eigenvalue weighted by molar-refractivity contribution is 0.102. The Morgan fingerprint density at radius 3 is 2.90 bits per heavy atom. The van der Waals surface area contributed by atoms with Crippen LogP contribution in [0.3, 0.4) is 0 Å². The van der Waals surface area contributed by atoms with Gasteiger partial charge in [0.25, 0.3) is 5.91 Å². The van der Waals surface area contributed by atoms with Crippen LogP contribution in [0.1, 0.15) is 40.9 Å². The van der Waals surface area contributed by atoms with Crippen molar-refractivity contribution >= 4 is 22.9 Å². The number of thiazole rings is 1. The van der Waals surface area contributed by atoms with Crippen molar-refractivity contribution in [2.24, 2.45) is 5.73 Å². The first-order chi connectivity index (χ1) is 9.51. The number of rotatable bonds is 4. The molecule has 1 atom stereocenters. The van der Waals surface area contributed by atoms with E-state index in [1.807, 2.05) is 19.9 Å². The zero-order valence-electron chi connectivity index (χ0n) is 11.4. The number of phenols is 1. The molecule has 2 aromatic rings. The van der Waals surface area contributed by atoms with Gasteiger partial charge in [-0.1, -0.05) is 13.0 Å². The van der Waals surface area contributed by atoms with Gasteiger partial charge in [-0.3, -0.25) is 4.79 Å². The van der Waals surface area contributed by atoms with Gasteiger partial charge in [-0.05, 0) is 31.0 Å². The number of hydrogen-bond donors (Lipinski definition) is 3. The highest BCUT2D eigenvalue weighted by atomic mass is 32.1. The molecule has 1 amide bonds. The van der Waals surface area contributed by atoms with Crippen LogP contribution >= 0.6 is 11.3 Å². The highest BCUT2D eigenvalue weighted by Crippen LogP contribution is 2.25. The summed E-state index contributed by atoms with van der Waals surface area (Å²) in [5.74, 6) is -0.310. The van der Waals surface area contributed by atoms with E-state index in [0.717, 1.165) is 12.0 Å². The molecule has 20 heavy (non-hydrogen) atoms. The lowest BCUT2D eigenvalue weighted by atomic mass is 10.1. The van der Waals surface area contributed by atoms with E-state index in [1.165, 1.54) is 11.3 Å². The van der Waals surface area contributed by atoms with Crippen molar-refractivity contribution in [3.63, 3.8) is 0 Å².